The highest BCUT2D eigenvalue weighted by atomic mass is 16.5. The van der Waals surface area contributed by atoms with Crippen LogP contribution in [0.5, 0.6) is 5.75 Å². The first-order chi connectivity index (χ1) is 23.5. The third kappa shape index (κ3) is 4.46. The zero-order valence-corrected chi connectivity index (χ0v) is 26.2. The average molecular weight is 633 g/mol. The van der Waals surface area contributed by atoms with Crippen LogP contribution in [0.4, 0.5) is 11.4 Å². The van der Waals surface area contributed by atoms with E-state index in [4.69, 9.17) is 9.47 Å². The first-order valence-electron chi connectivity index (χ1n) is 16.0. The number of ether oxygens (including phenoxy) is 2. The molecule has 1 spiro atoms. The lowest BCUT2D eigenvalue weighted by molar-refractivity contribution is -0.156. The monoisotopic (exact) mass is 632 g/mol. The molecule has 3 heterocycles. The molecule has 3 aliphatic heterocycles. The molecule has 0 radical (unpaired) electrons. The molecule has 7 heteroatoms. The van der Waals surface area contributed by atoms with E-state index >= 15 is 9.59 Å². The Bertz CT molecular complexity index is 2040. The van der Waals surface area contributed by atoms with Crippen molar-refractivity contribution in [2.24, 2.45) is 5.92 Å². The molecule has 0 bridgehead atoms. The third-order valence-corrected chi connectivity index (χ3v) is 9.86. The Labute approximate surface area is 278 Å². The predicted molar refractivity (Wildman–Crippen MR) is 184 cm³/mol. The summed E-state index contributed by atoms with van der Waals surface area (Å²) in [5.74, 6) is -2.01. The van der Waals surface area contributed by atoms with E-state index in [-0.39, 0.29) is 11.7 Å². The van der Waals surface area contributed by atoms with Gasteiger partial charge in [-0.2, -0.15) is 0 Å². The number of para-hydroxylation sites is 2. The molecule has 236 valence electrons. The van der Waals surface area contributed by atoms with Crippen LogP contribution in [0.2, 0.25) is 0 Å². The van der Waals surface area contributed by atoms with Crippen LogP contribution in [0.3, 0.4) is 0 Å². The Morgan fingerprint density at radius 2 is 1.46 bits per heavy atom. The van der Waals surface area contributed by atoms with Gasteiger partial charge >= 0.3 is 5.97 Å². The van der Waals surface area contributed by atoms with Gasteiger partial charge < -0.3 is 19.7 Å². The SMILES string of the molecule is COc1cccc(C(=O)[C@@H]2[C@@H](C(=O)OC(c3ccccc3)c3ccccc3)[C@]3(C(=O)Nc4ccccc43)[C@H]3C=Cc4ccccc4N23)c1. The lowest BCUT2D eigenvalue weighted by Crippen LogP contribution is -2.51. The van der Waals surface area contributed by atoms with Gasteiger partial charge in [-0.1, -0.05) is 121 Å². The number of methoxy groups -OCH3 is 1. The highest BCUT2D eigenvalue weighted by molar-refractivity contribution is 6.15. The van der Waals surface area contributed by atoms with Gasteiger partial charge in [0, 0.05) is 16.9 Å². The fourth-order valence-corrected chi connectivity index (χ4v) is 7.81. The normalized spacial score (nSPS) is 21.8. The van der Waals surface area contributed by atoms with Crippen molar-refractivity contribution in [3.8, 4) is 5.75 Å². The molecule has 1 fully saturated rings. The van der Waals surface area contributed by atoms with Crippen LogP contribution in [0, 0.1) is 5.92 Å². The summed E-state index contributed by atoms with van der Waals surface area (Å²) in [5, 5.41) is 3.07. The molecule has 1 N–H and O–H groups in total. The molecule has 0 aromatic heterocycles. The molecule has 0 saturated carbocycles. The Morgan fingerprint density at radius 3 is 2.19 bits per heavy atom. The van der Waals surface area contributed by atoms with Gasteiger partial charge in [0.25, 0.3) is 0 Å². The van der Waals surface area contributed by atoms with Gasteiger partial charge in [-0.15, -0.1) is 0 Å². The first-order valence-corrected chi connectivity index (χ1v) is 16.0. The second kappa shape index (κ2) is 11.7. The number of Topliss-reactive ketones (excluding diaryl/α,β-unsaturated/α-hetero) is 1. The van der Waals surface area contributed by atoms with Crippen LogP contribution in [0.25, 0.3) is 6.08 Å². The van der Waals surface area contributed by atoms with Gasteiger partial charge in [-0.05, 0) is 46.5 Å². The van der Waals surface area contributed by atoms with Crippen molar-refractivity contribution in [3.05, 3.63) is 167 Å². The van der Waals surface area contributed by atoms with Crippen LogP contribution in [-0.4, -0.2) is 36.9 Å². The smallest absolute Gasteiger partial charge is 0.314 e. The first kappa shape index (κ1) is 29.5. The highest BCUT2D eigenvalue weighted by Gasteiger charge is 2.71. The lowest BCUT2D eigenvalue weighted by atomic mass is 9.66. The molecule has 0 unspecified atom stereocenters. The van der Waals surface area contributed by atoms with Crippen molar-refractivity contribution >= 4 is 35.1 Å². The van der Waals surface area contributed by atoms with Gasteiger partial charge in [0.15, 0.2) is 11.9 Å². The molecule has 1 amide bonds. The second-order valence-electron chi connectivity index (χ2n) is 12.3. The molecule has 0 aliphatic carbocycles. The summed E-state index contributed by atoms with van der Waals surface area (Å²) in [6, 6.07) is 39.4. The Hall–Kier alpha value is -5.95. The topological polar surface area (TPSA) is 84.9 Å². The van der Waals surface area contributed by atoms with E-state index in [0.717, 1.165) is 22.4 Å². The zero-order chi connectivity index (χ0) is 32.8. The van der Waals surface area contributed by atoms with Crippen molar-refractivity contribution in [2.75, 3.05) is 17.3 Å². The van der Waals surface area contributed by atoms with Gasteiger partial charge in [-0.25, -0.2) is 0 Å². The molecular weight excluding hydrogens is 600 g/mol. The van der Waals surface area contributed by atoms with Gasteiger partial charge in [0.1, 0.15) is 23.1 Å². The van der Waals surface area contributed by atoms with E-state index in [1.165, 1.54) is 0 Å². The summed E-state index contributed by atoms with van der Waals surface area (Å²) >= 11 is 0. The summed E-state index contributed by atoms with van der Waals surface area (Å²) in [4.78, 5) is 46.9. The molecule has 48 heavy (non-hydrogen) atoms. The van der Waals surface area contributed by atoms with Gasteiger partial charge in [0.2, 0.25) is 5.91 Å². The molecule has 7 nitrogen and oxygen atoms in total. The van der Waals surface area contributed by atoms with Crippen LogP contribution >= 0.6 is 0 Å². The molecule has 3 aliphatic rings. The molecule has 5 aromatic rings. The maximum absolute atomic E-state index is 15.2. The standard InChI is InChI=1S/C41H32N2O5/c1-47-30-19-12-18-29(25-30)37(44)36-35(39(45)48-38(27-14-4-2-5-15-27)28-16-6-3-7-17-28)41(31-20-9-10-21-32(31)42-40(41)46)34-24-23-26-13-8-11-22-33(26)43(34)36/h2-25,34-36,38H,1H3,(H,42,46)/t34-,35+,36+,41-/m1/s1. The largest absolute Gasteiger partial charge is 0.497 e. The summed E-state index contributed by atoms with van der Waals surface area (Å²) in [6.45, 7) is 0. The number of nitrogens with one attached hydrogen (secondary N) is 1. The average Bonchev–Trinajstić information content (AvgIpc) is 3.63. The number of esters is 1. The van der Waals surface area contributed by atoms with Crippen LogP contribution in [0.15, 0.2) is 140 Å². The van der Waals surface area contributed by atoms with E-state index in [9.17, 15) is 4.79 Å². The number of hydrogen-bond acceptors (Lipinski definition) is 6. The van der Waals surface area contributed by atoms with Crippen molar-refractivity contribution < 1.29 is 23.9 Å². The highest BCUT2D eigenvalue weighted by Crippen LogP contribution is 2.58. The van der Waals surface area contributed by atoms with Gasteiger partial charge in [-0.3, -0.25) is 14.4 Å². The molecular formula is C41H32N2O5. The van der Waals surface area contributed by atoms with Crippen molar-refractivity contribution in [3.63, 3.8) is 0 Å². The quantitative estimate of drug-likeness (QED) is 0.154. The maximum Gasteiger partial charge on any atom is 0.314 e. The second-order valence-corrected chi connectivity index (χ2v) is 12.3. The van der Waals surface area contributed by atoms with E-state index in [1.54, 1.807) is 31.4 Å². The van der Waals surface area contributed by atoms with Crippen molar-refractivity contribution in [1.29, 1.82) is 0 Å². The lowest BCUT2D eigenvalue weighted by Gasteiger charge is -2.37. The minimum Gasteiger partial charge on any atom is -0.497 e. The Morgan fingerprint density at radius 1 is 0.792 bits per heavy atom. The van der Waals surface area contributed by atoms with E-state index in [0.29, 0.717) is 22.6 Å². The third-order valence-electron chi connectivity index (χ3n) is 9.86. The Balaban J connectivity index is 1.36. The number of benzene rings is 5. The number of carbonyl (C=O) groups is 3. The zero-order valence-electron chi connectivity index (χ0n) is 26.2. The van der Waals surface area contributed by atoms with E-state index in [2.05, 4.69) is 5.32 Å². The number of anilines is 2. The maximum atomic E-state index is 15.2. The number of amides is 1. The van der Waals surface area contributed by atoms with Crippen molar-refractivity contribution in [1.82, 2.24) is 0 Å². The predicted octanol–water partition coefficient (Wildman–Crippen LogP) is 7.00. The van der Waals surface area contributed by atoms with Crippen LogP contribution < -0.4 is 15.0 Å². The van der Waals surface area contributed by atoms with Gasteiger partial charge in [0.05, 0.1) is 13.2 Å². The summed E-state index contributed by atoms with van der Waals surface area (Å²) in [6.07, 6.45) is 3.16. The van der Waals surface area contributed by atoms with Crippen LogP contribution in [0.1, 0.15) is 38.7 Å². The fourth-order valence-electron chi connectivity index (χ4n) is 7.81. The summed E-state index contributed by atoms with van der Waals surface area (Å²) in [5.41, 5.74) is 3.37. The number of nitrogens with zero attached hydrogens (tertiary/aromatic N) is 1. The Kier molecular flexibility index (Phi) is 7.17. The summed E-state index contributed by atoms with van der Waals surface area (Å²) < 4.78 is 12.0. The molecule has 8 rings (SSSR count). The summed E-state index contributed by atoms with van der Waals surface area (Å²) in [7, 11) is 1.54. The fraction of sp³-hybridized carbons (Fsp3) is 0.146. The minimum atomic E-state index is -1.48. The number of hydrogen-bond donors (Lipinski definition) is 1. The van der Waals surface area contributed by atoms with E-state index < -0.39 is 35.5 Å². The molecule has 5 aromatic carbocycles. The molecule has 1 saturated heterocycles. The minimum absolute atomic E-state index is 0.309. The van der Waals surface area contributed by atoms with E-state index in [1.807, 2.05) is 126 Å². The number of rotatable bonds is 7. The van der Waals surface area contributed by atoms with Crippen LogP contribution in [-0.2, 0) is 19.7 Å². The molecule has 4 atom stereocenters. The number of carbonyl (C=O) groups excluding carboxylic acids is 3. The van der Waals surface area contributed by atoms with Crippen molar-refractivity contribution in [2.45, 2.75) is 23.6 Å². The number of ketones is 1. The number of fused-ring (bicyclic) bond motifs is 6.